The second-order valence-electron chi connectivity index (χ2n) is 3.93. The highest BCUT2D eigenvalue weighted by atomic mass is 79.9. The van der Waals surface area contributed by atoms with Crippen LogP contribution in [0.5, 0.6) is 0 Å². The van der Waals surface area contributed by atoms with Crippen LogP contribution in [0, 0.1) is 11.3 Å². The molecular weight excluding hydrogens is 176 g/mol. The molecule has 1 aliphatic rings. The first kappa shape index (κ1) is 7.59. The third-order valence-electron chi connectivity index (χ3n) is 2.29. The van der Waals surface area contributed by atoms with Crippen LogP contribution in [0.3, 0.4) is 0 Å². The van der Waals surface area contributed by atoms with Crippen molar-refractivity contribution in [3.8, 4) is 0 Å². The van der Waals surface area contributed by atoms with E-state index in [0.717, 1.165) is 5.92 Å². The Labute approximate surface area is 66.2 Å². The Hall–Kier alpha value is 0.480. The van der Waals surface area contributed by atoms with Gasteiger partial charge in [0.1, 0.15) is 0 Å². The smallest absolute Gasteiger partial charge is 0.00598 e. The molecule has 0 aromatic rings. The van der Waals surface area contributed by atoms with Gasteiger partial charge in [0, 0.05) is 5.33 Å². The molecule has 0 radical (unpaired) electrons. The summed E-state index contributed by atoms with van der Waals surface area (Å²) in [7, 11) is 0. The van der Waals surface area contributed by atoms with Crippen molar-refractivity contribution in [2.45, 2.75) is 33.1 Å². The molecule has 1 fully saturated rings. The molecule has 0 saturated heterocycles. The van der Waals surface area contributed by atoms with Gasteiger partial charge in [-0.25, -0.2) is 0 Å². The van der Waals surface area contributed by atoms with E-state index < -0.39 is 0 Å². The van der Waals surface area contributed by atoms with Gasteiger partial charge < -0.3 is 0 Å². The van der Waals surface area contributed by atoms with E-state index in [2.05, 4.69) is 29.8 Å². The number of hydrogen-bond acceptors (Lipinski definition) is 0. The lowest BCUT2D eigenvalue weighted by Crippen LogP contribution is -2.05. The highest BCUT2D eigenvalue weighted by Gasteiger charge is 2.29. The average molecular weight is 191 g/mol. The van der Waals surface area contributed by atoms with E-state index in [-0.39, 0.29) is 0 Å². The van der Waals surface area contributed by atoms with Crippen molar-refractivity contribution in [2.24, 2.45) is 11.3 Å². The minimum Gasteiger partial charge on any atom is -0.0925 e. The van der Waals surface area contributed by atoms with Crippen LogP contribution in [0.1, 0.15) is 33.1 Å². The standard InChI is InChI=1S/C8H15Br/c1-8(2)4-3-7(5-8)6-9/h7H,3-6H2,1-2H3/t7-/m0/s1. The summed E-state index contributed by atoms with van der Waals surface area (Å²) in [5.74, 6) is 0.958. The predicted molar refractivity (Wildman–Crippen MR) is 44.9 cm³/mol. The maximum atomic E-state index is 3.53. The van der Waals surface area contributed by atoms with Gasteiger partial charge in [0.15, 0.2) is 0 Å². The summed E-state index contributed by atoms with van der Waals surface area (Å²) in [6, 6.07) is 0. The summed E-state index contributed by atoms with van der Waals surface area (Å²) >= 11 is 3.53. The molecule has 0 N–H and O–H groups in total. The van der Waals surface area contributed by atoms with Crippen molar-refractivity contribution in [1.29, 1.82) is 0 Å². The number of hydrogen-bond donors (Lipinski definition) is 0. The lowest BCUT2D eigenvalue weighted by molar-refractivity contribution is 0.368. The van der Waals surface area contributed by atoms with Crippen LogP contribution >= 0.6 is 15.9 Å². The van der Waals surface area contributed by atoms with Crippen LogP contribution in [0.15, 0.2) is 0 Å². The summed E-state index contributed by atoms with van der Waals surface area (Å²) in [4.78, 5) is 0. The normalized spacial score (nSPS) is 33.0. The van der Waals surface area contributed by atoms with Crippen molar-refractivity contribution in [1.82, 2.24) is 0 Å². The molecule has 0 amide bonds. The van der Waals surface area contributed by atoms with Crippen LogP contribution in [-0.4, -0.2) is 5.33 Å². The molecular formula is C8H15Br. The maximum absolute atomic E-state index is 3.53. The second-order valence-corrected chi connectivity index (χ2v) is 4.57. The van der Waals surface area contributed by atoms with Gasteiger partial charge in [0.2, 0.25) is 0 Å². The van der Waals surface area contributed by atoms with E-state index in [4.69, 9.17) is 0 Å². The fourth-order valence-electron chi connectivity index (χ4n) is 1.71. The Bertz CT molecular complexity index is 96.7. The van der Waals surface area contributed by atoms with Crippen LogP contribution in [-0.2, 0) is 0 Å². The molecule has 1 aliphatic carbocycles. The third kappa shape index (κ3) is 1.96. The van der Waals surface area contributed by atoms with Crippen molar-refractivity contribution in [3.05, 3.63) is 0 Å². The van der Waals surface area contributed by atoms with Gasteiger partial charge in [0.25, 0.3) is 0 Å². The summed E-state index contributed by atoms with van der Waals surface area (Å²) < 4.78 is 0. The zero-order valence-corrected chi connectivity index (χ0v) is 7.87. The van der Waals surface area contributed by atoms with E-state index in [1.807, 2.05) is 0 Å². The summed E-state index contributed by atoms with van der Waals surface area (Å²) in [6.07, 6.45) is 4.26. The Morgan fingerprint density at radius 1 is 1.56 bits per heavy atom. The Morgan fingerprint density at radius 3 is 2.44 bits per heavy atom. The summed E-state index contributed by atoms with van der Waals surface area (Å²) in [6.45, 7) is 4.74. The molecule has 0 aromatic heterocycles. The summed E-state index contributed by atoms with van der Waals surface area (Å²) in [5, 5.41) is 1.20. The minimum absolute atomic E-state index is 0.637. The first-order valence-electron chi connectivity index (χ1n) is 3.70. The Balaban J connectivity index is 2.38. The molecule has 0 aromatic carbocycles. The molecule has 54 valence electrons. The fraction of sp³-hybridized carbons (Fsp3) is 1.00. The van der Waals surface area contributed by atoms with Crippen LogP contribution in [0.25, 0.3) is 0 Å². The Kier molecular flexibility index (Phi) is 2.20. The minimum atomic E-state index is 0.637. The molecule has 1 heteroatoms. The number of rotatable bonds is 1. The lowest BCUT2D eigenvalue weighted by atomic mass is 9.91. The van der Waals surface area contributed by atoms with E-state index in [1.165, 1.54) is 24.6 Å². The van der Waals surface area contributed by atoms with Gasteiger partial charge in [-0.2, -0.15) is 0 Å². The first-order valence-corrected chi connectivity index (χ1v) is 4.82. The van der Waals surface area contributed by atoms with Gasteiger partial charge in [0.05, 0.1) is 0 Å². The SMILES string of the molecule is CC1(C)CC[C@H](CBr)C1. The van der Waals surface area contributed by atoms with Crippen LogP contribution in [0.4, 0.5) is 0 Å². The molecule has 0 heterocycles. The molecule has 0 nitrogen and oxygen atoms in total. The quantitative estimate of drug-likeness (QED) is 0.558. The molecule has 1 rings (SSSR count). The molecule has 9 heavy (non-hydrogen) atoms. The molecule has 0 aliphatic heterocycles. The number of halogens is 1. The van der Waals surface area contributed by atoms with Gasteiger partial charge in [-0.15, -0.1) is 0 Å². The van der Waals surface area contributed by atoms with Gasteiger partial charge in [-0.1, -0.05) is 29.8 Å². The third-order valence-corrected chi connectivity index (χ3v) is 3.20. The Morgan fingerprint density at radius 2 is 2.22 bits per heavy atom. The largest absolute Gasteiger partial charge is 0.0925 e. The van der Waals surface area contributed by atoms with E-state index in [9.17, 15) is 0 Å². The highest BCUT2D eigenvalue weighted by Crippen LogP contribution is 2.41. The van der Waals surface area contributed by atoms with E-state index in [0.29, 0.717) is 5.41 Å². The van der Waals surface area contributed by atoms with Crippen molar-refractivity contribution >= 4 is 15.9 Å². The highest BCUT2D eigenvalue weighted by molar-refractivity contribution is 9.09. The van der Waals surface area contributed by atoms with E-state index in [1.54, 1.807) is 0 Å². The maximum Gasteiger partial charge on any atom is 0.00598 e. The average Bonchev–Trinajstić information content (AvgIpc) is 2.10. The number of alkyl halides is 1. The summed E-state index contributed by atoms with van der Waals surface area (Å²) in [5.41, 5.74) is 0.637. The monoisotopic (exact) mass is 190 g/mol. The van der Waals surface area contributed by atoms with Crippen LogP contribution in [0.2, 0.25) is 0 Å². The lowest BCUT2D eigenvalue weighted by Gasteiger charge is -2.15. The van der Waals surface area contributed by atoms with Gasteiger partial charge in [-0.05, 0) is 30.6 Å². The van der Waals surface area contributed by atoms with Gasteiger partial charge in [-0.3, -0.25) is 0 Å². The first-order chi connectivity index (χ1) is 4.14. The molecule has 1 atom stereocenters. The zero-order chi connectivity index (χ0) is 6.91. The van der Waals surface area contributed by atoms with Crippen molar-refractivity contribution < 1.29 is 0 Å². The second kappa shape index (κ2) is 2.61. The van der Waals surface area contributed by atoms with Crippen LogP contribution < -0.4 is 0 Å². The van der Waals surface area contributed by atoms with E-state index >= 15 is 0 Å². The predicted octanol–water partition coefficient (Wildman–Crippen LogP) is 3.21. The topological polar surface area (TPSA) is 0 Å². The fourth-order valence-corrected chi connectivity index (χ4v) is 2.26. The zero-order valence-electron chi connectivity index (χ0n) is 6.28. The van der Waals surface area contributed by atoms with Crippen molar-refractivity contribution in [3.63, 3.8) is 0 Å². The molecule has 0 bridgehead atoms. The van der Waals surface area contributed by atoms with Crippen molar-refractivity contribution in [2.75, 3.05) is 5.33 Å². The molecule has 0 unspecified atom stereocenters. The van der Waals surface area contributed by atoms with Gasteiger partial charge >= 0.3 is 0 Å². The molecule has 1 saturated carbocycles. The molecule has 0 spiro atoms.